The number of hydrogen-bond acceptors (Lipinski definition) is 6. The van der Waals surface area contributed by atoms with Crippen molar-refractivity contribution < 1.29 is 19.4 Å². The number of para-hydroxylation sites is 1. The highest BCUT2D eigenvalue weighted by atomic mass is 32.2. The first-order valence-electron chi connectivity index (χ1n) is 8.95. The van der Waals surface area contributed by atoms with Crippen molar-refractivity contribution in [1.29, 1.82) is 0 Å². The molecule has 6 nitrogen and oxygen atoms in total. The topological polar surface area (TPSA) is 78.9 Å². The fourth-order valence-corrected chi connectivity index (χ4v) is 4.09. The molecule has 2 amide bonds. The molecule has 0 saturated carbocycles. The summed E-state index contributed by atoms with van der Waals surface area (Å²) < 4.78 is 5.80. The molecule has 0 unspecified atom stereocenters. The standard InChI is InChI=1S/C21H20N2O4S2/c1-27-17-6-3-2-5-14(17)13-18-20(26)23(21(28)29-18)12-4-7-19(25)22-15-8-10-16(24)11-9-15/h2-3,5-6,8-11,13,24H,4,7,12H2,1H3,(H,22,25)/b18-13-. The second-order valence-electron chi connectivity index (χ2n) is 6.27. The molecule has 0 aromatic heterocycles. The summed E-state index contributed by atoms with van der Waals surface area (Å²) in [6, 6.07) is 13.7. The van der Waals surface area contributed by atoms with Gasteiger partial charge in [-0.25, -0.2) is 0 Å². The molecule has 0 aliphatic carbocycles. The van der Waals surface area contributed by atoms with Gasteiger partial charge in [0.1, 0.15) is 15.8 Å². The smallest absolute Gasteiger partial charge is 0.266 e. The summed E-state index contributed by atoms with van der Waals surface area (Å²) in [5.74, 6) is 0.498. The summed E-state index contributed by atoms with van der Waals surface area (Å²) in [6.07, 6.45) is 2.51. The summed E-state index contributed by atoms with van der Waals surface area (Å²) in [4.78, 5) is 26.8. The van der Waals surface area contributed by atoms with Crippen molar-refractivity contribution in [2.45, 2.75) is 12.8 Å². The number of benzene rings is 2. The van der Waals surface area contributed by atoms with Crippen LogP contribution in [0.25, 0.3) is 6.08 Å². The van der Waals surface area contributed by atoms with Crippen molar-refractivity contribution in [1.82, 2.24) is 4.90 Å². The van der Waals surface area contributed by atoms with E-state index in [0.717, 1.165) is 5.56 Å². The molecule has 3 rings (SSSR count). The number of phenols is 1. The Kier molecular flexibility index (Phi) is 6.90. The lowest BCUT2D eigenvalue weighted by atomic mass is 10.2. The van der Waals surface area contributed by atoms with E-state index >= 15 is 0 Å². The molecule has 1 aliphatic heterocycles. The van der Waals surface area contributed by atoms with Gasteiger partial charge >= 0.3 is 0 Å². The number of carbonyl (C=O) groups is 2. The van der Waals surface area contributed by atoms with Gasteiger partial charge in [0, 0.05) is 24.2 Å². The van der Waals surface area contributed by atoms with Crippen LogP contribution in [0.1, 0.15) is 18.4 Å². The minimum absolute atomic E-state index is 0.138. The van der Waals surface area contributed by atoms with Crippen LogP contribution in [0.4, 0.5) is 5.69 Å². The molecule has 0 spiro atoms. The predicted molar refractivity (Wildman–Crippen MR) is 119 cm³/mol. The maximum Gasteiger partial charge on any atom is 0.266 e. The summed E-state index contributed by atoms with van der Waals surface area (Å²) >= 11 is 6.59. The average Bonchev–Trinajstić information content (AvgIpc) is 2.97. The molecule has 29 heavy (non-hydrogen) atoms. The van der Waals surface area contributed by atoms with Crippen LogP contribution in [-0.4, -0.2) is 39.8 Å². The van der Waals surface area contributed by atoms with Crippen molar-refractivity contribution >= 4 is 51.9 Å². The normalized spacial score (nSPS) is 15.1. The van der Waals surface area contributed by atoms with E-state index in [1.807, 2.05) is 24.3 Å². The predicted octanol–water partition coefficient (Wildman–Crippen LogP) is 4.02. The van der Waals surface area contributed by atoms with Gasteiger partial charge in [-0.05, 0) is 42.8 Å². The number of ether oxygens (including phenoxy) is 1. The quantitative estimate of drug-likeness (QED) is 0.394. The lowest BCUT2D eigenvalue weighted by molar-refractivity contribution is -0.122. The molecular weight excluding hydrogens is 408 g/mol. The first-order valence-corrected chi connectivity index (χ1v) is 10.2. The van der Waals surface area contributed by atoms with E-state index in [2.05, 4.69) is 5.32 Å². The van der Waals surface area contributed by atoms with E-state index in [1.54, 1.807) is 25.3 Å². The van der Waals surface area contributed by atoms with Crippen molar-refractivity contribution in [3.8, 4) is 11.5 Å². The number of hydrogen-bond donors (Lipinski definition) is 2. The van der Waals surface area contributed by atoms with Gasteiger partial charge in [0.25, 0.3) is 5.91 Å². The SMILES string of the molecule is COc1ccccc1/C=C1\SC(=S)N(CCCC(=O)Nc2ccc(O)cc2)C1=O. The maximum atomic E-state index is 12.7. The molecule has 8 heteroatoms. The Morgan fingerprint density at radius 3 is 2.69 bits per heavy atom. The van der Waals surface area contributed by atoms with Gasteiger partial charge in [-0.1, -0.05) is 42.2 Å². The Bertz CT molecular complexity index is 957. The van der Waals surface area contributed by atoms with Crippen LogP contribution >= 0.6 is 24.0 Å². The second-order valence-corrected chi connectivity index (χ2v) is 7.95. The highest BCUT2D eigenvalue weighted by molar-refractivity contribution is 8.26. The minimum atomic E-state index is -0.162. The van der Waals surface area contributed by atoms with Crippen LogP contribution in [0.5, 0.6) is 11.5 Å². The number of thiocarbonyl (C=S) groups is 1. The van der Waals surface area contributed by atoms with E-state index in [1.165, 1.54) is 28.8 Å². The zero-order chi connectivity index (χ0) is 20.8. The molecule has 0 bridgehead atoms. The zero-order valence-electron chi connectivity index (χ0n) is 15.8. The van der Waals surface area contributed by atoms with Gasteiger partial charge in [-0.3, -0.25) is 14.5 Å². The summed E-state index contributed by atoms with van der Waals surface area (Å²) in [7, 11) is 1.58. The van der Waals surface area contributed by atoms with Gasteiger partial charge in [0.05, 0.1) is 12.0 Å². The monoisotopic (exact) mass is 428 g/mol. The first-order chi connectivity index (χ1) is 14.0. The Morgan fingerprint density at radius 2 is 1.97 bits per heavy atom. The van der Waals surface area contributed by atoms with Gasteiger partial charge in [0.2, 0.25) is 5.91 Å². The summed E-state index contributed by atoms with van der Waals surface area (Å²) in [6.45, 7) is 0.372. The molecule has 0 atom stereocenters. The maximum absolute atomic E-state index is 12.7. The fourth-order valence-electron chi connectivity index (χ4n) is 2.79. The Hall–Kier alpha value is -2.84. The number of nitrogens with one attached hydrogen (secondary N) is 1. The van der Waals surface area contributed by atoms with Crippen LogP contribution in [0.15, 0.2) is 53.4 Å². The van der Waals surface area contributed by atoms with Gasteiger partial charge in [-0.2, -0.15) is 0 Å². The Morgan fingerprint density at radius 1 is 1.24 bits per heavy atom. The van der Waals surface area contributed by atoms with Gasteiger partial charge in [-0.15, -0.1) is 0 Å². The number of amides is 2. The van der Waals surface area contributed by atoms with Crippen molar-refractivity contribution in [3.63, 3.8) is 0 Å². The van der Waals surface area contributed by atoms with Crippen LogP contribution < -0.4 is 10.1 Å². The summed E-state index contributed by atoms with van der Waals surface area (Å²) in [5, 5.41) is 12.0. The largest absolute Gasteiger partial charge is 0.508 e. The Balaban J connectivity index is 1.55. The van der Waals surface area contributed by atoms with E-state index in [0.29, 0.717) is 33.6 Å². The number of thioether (sulfide) groups is 1. The highest BCUT2D eigenvalue weighted by Gasteiger charge is 2.31. The zero-order valence-corrected chi connectivity index (χ0v) is 17.4. The number of methoxy groups -OCH3 is 1. The number of nitrogens with zero attached hydrogens (tertiary/aromatic N) is 1. The number of anilines is 1. The molecule has 2 aromatic rings. The number of aromatic hydroxyl groups is 1. The molecule has 1 fully saturated rings. The first kappa shape index (κ1) is 20.9. The second kappa shape index (κ2) is 9.58. The third-order valence-corrected chi connectivity index (χ3v) is 5.61. The molecule has 150 valence electrons. The lowest BCUT2D eigenvalue weighted by Gasteiger charge is -2.14. The third kappa shape index (κ3) is 5.36. The molecule has 1 saturated heterocycles. The van der Waals surface area contributed by atoms with E-state index in [-0.39, 0.29) is 24.0 Å². The molecule has 1 aliphatic rings. The fraction of sp³-hybridized carbons (Fsp3) is 0.190. The van der Waals surface area contributed by atoms with Gasteiger partial charge in [0.15, 0.2) is 0 Å². The van der Waals surface area contributed by atoms with Crippen molar-refractivity contribution in [2.75, 3.05) is 19.0 Å². The summed E-state index contributed by atoms with van der Waals surface area (Å²) in [5.41, 5.74) is 1.42. The molecule has 2 aromatic carbocycles. The van der Waals surface area contributed by atoms with Crippen molar-refractivity contribution in [2.24, 2.45) is 0 Å². The number of rotatable bonds is 7. The van der Waals surface area contributed by atoms with E-state index in [4.69, 9.17) is 17.0 Å². The third-order valence-electron chi connectivity index (χ3n) is 4.24. The minimum Gasteiger partial charge on any atom is -0.508 e. The highest BCUT2D eigenvalue weighted by Crippen LogP contribution is 2.34. The molecular formula is C21H20N2O4S2. The van der Waals surface area contributed by atoms with Crippen LogP contribution in [0, 0.1) is 0 Å². The van der Waals surface area contributed by atoms with Gasteiger partial charge < -0.3 is 15.2 Å². The molecule has 1 heterocycles. The molecule has 2 N–H and O–H groups in total. The van der Waals surface area contributed by atoms with Crippen LogP contribution in [0.2, 0.25) is 0 Å². The van der Waals surface area contributed by atoms with Crippen molar-refractivity contribution in [3.05, 3.63) is 59.0 Å². The number of phenolic OH excluding ortho intramolecular Hbond substituents is 1. The molecule has 0 radical (unpaired) electrons. The van der Waals surface area contributed by atoms with E-state index < -0.39 is 0 Å². The van der Waals surface area contributed by atoms with E-state index in [9.17, 15) is 14.7 Å². The van der Waals surface area contributed by atoms with Crippen LogP contribution in [-0.2, 0) is 9.59 Å². The Labute approximate surface area is 178 Å². The van der Waals surface area contributed by atoms with Crippen LogP contribution in [0.3, 0.4) is 0 Å². The average molecular weight is 429 g/mol. The lowest BCUT2D eigenvalue weighted by Crippen LogP contribution is -2.29. The number of carbonyl (C=O) groups excluding carboxylic acids is 2.